The minimum Gasteiger partial charge on any atom is -0.336 e. The molecule has 252 valence electrons. The van der Waals surface area contributed by atoms with Gasteiger partial charge in [0, 0.05) is 66.7 Å². The quantitative estimate of drug-likeness (QED) is 0.272. The fraction of sp³-hybridized carbons (Fsp3) is 0.514. The lowest BCUT2D eigenvalue weighted by molar-refractivity contribution is -0.148. The molecule has 47 heavy (non-hydrogen) atoms. The fourth-order valence-electron chi connectivity index (χ4n) is 7.56. The molecule has 2 fully saturated rings. The Labute approximate surface area is 272 Å². The summed E-state index contributed by atoms with van der Waals surface area (Å²) in [5.74, 6) is -1.32. The van der Waals surface area contributed by atoms with Crippen LogP contribution in [-0.4, -0.2) is 63.0 Å². The van der Waals surface area contributed by atoms with Gasteiger partial charge in [-0.1, -0.05) is 39.0 Å². The molecule has 6 rings (SSSR count). The van der Waals surface area contributed by atoms with Gasteiger partial charge < -0.3 is 14.8 Å². The number of fused-ring (bicyclic) bond motifs is 3. The van der Waals surface area contributed by atoms with E-state index in [1.54, 1.807) is 9.80 Å². The van der Waals surface area contributed by atoms with Crippen LogP contribution in [0, 0.1) is 11.2 Å². The van der Waals surface area contributed by atoms with Gasteiger partial charge in [-0.05, 0) is 68.5 Å². The number of rotatable bonds is 7. The molecule has 0 aliphatic carbocycles. The van der Waals surface area contributed by atoms with Crippen LogP contribution in [0.4, 0.5) is 33.7 Å². The number of carbonyl (C=O) groups is 2. The number of halogens is 4. The standard InChI is InChI=1S/C35H42F4N6O2/c1-34(2,3)32(46)42-19-16-30-29(22-42)41-31(35(37,38)39)45(30)28-20-26-14-15-27(21-28)43(26)17-7-18-44(25-8-5-4-6-9-25)33(47)40-24-12-10-23(36)11-13-24/h4-6,8-13,26-28H,7,14-22H2,1-3H3,(H,40,47)/t26-,27+,28?. The Morgan fingerprint density at radius 3 is 2.23 bits per heavy atom. The van der Waals surface area contributed by atoms with Crippen LogP contribution in [-0.2, 0) is 23.9 Å². The first-order valence-electron chi connectivity index (χ1n) is 16.4. The number of nitrogens with one attached hydrogen (secondary N) is 1. The van der Waals surface area contributed by atoms with Crippen molar-refractivity contribution in [3.63, 3.8) is 0 Å². The van der Waals surface area contributed by atoms with Crippen LogP contribution in [0.25, 0.3) is 0 Å². The van der Waals surface area contributed by atoms with Crippen LogP contribution in [0.1, 0.15) is 76.1 Å². The second-order valence-electron chi connectivity index (χ2n) is 13.9. The molecule has 3 aliphatic heterocycles. The Bertz CT molecular complexity index is 1570. The first-order valence-corrected chi connectivity index (χ1v) is 16.4. The molecule has 0 radical (unpaired) electrons. The number of benzene rings is 2. The van der Waals surface area contributed by atoms with E-state index in [-0.39, 0.29) is 42.4 Å². The normalized spacial score (nSPS) is 21.4. The topological polar surface area (TPSA) is 73.7 Å². The highest BCUT2D eigenvalue weighted by molar-refractivity contribution is 6.01. The zero-order valence-corrected chi connectivity index (χ0v) is 27.1. The van der Waals surface area contributed by atoms with Crippen LogP contribution in [0.2, 0.25) is 0 Å². The highest BCUT2D eigenvalue weighted by Gasteiger charge is 2.47. The number of hydrogen-bond donors (Lipinski definition) is 1. The van der Waals surface area contributed by atoms with Crippen LogP contribution < -0.4 is 10.2 Å². The van der Waals surface area contributed by atoms with Crippen molar-refractivity contribution in [3.8, 4) is 0 Å². The molecule has 0 saturated carbocycles. The van der Waals surface area contributed by atoms with E-state index in [4.69, 9.17) is 0 Å². The van der Waals surface area contributed by atoms with E-state index in [1.165, 1.54) is 28.8 Å². The molecule has 3 atom stereocenters. The van der Waals surface area contributed by atoms with Crippen LogP contribution >= 0.6 is 0 Å². The molecule has 3 aliphatic rings. The number of piperidine rings is 1. The number of urea groups is 1. The molecule has 4 heterocycles. The van der Waals surface area contributed by atoms with Crippen molar-refractivity contribution in [1.29, 1.82) is 0 Å². The summed E-state index contributed by atoms with van der Waals surface area (Å²) in [7, 11) is 0. The Morgan fingerprint density at radius 1 is 0.957 bits per heavy atom. The van der Waals surface area contributed by atoms with Crippen LogP contribution in [0.15, 0.2) is 54.6 Å². The fourth-order valence-corrected chi connectivity index (χ4v) is 7.56. The molecule has 12 heteroatoms. The molecular formula is C35H42F4N6O2. The van der Waals surface area contributed by atoms with Gasteiger partial charge >= 0.3 is 12.2 Å². The van der Waals surface area contributed by atoms with E-state index in [0.717, 1.165) is 18.5 Å². The second kappa shape index (κ2) is 12.9. The molecule has 1 N–H and O–H groups in total. The predicted octanol–water partition coefficient (Wildman–Crippen LogP) is 7.27. The third kappa shape index (κ3) is 7.02. The number of para-hydroxylation sites is 1. The van der Waals surface area contributed by atoms with Crippen molar-refractivity contribution in [1.82, 2.24) is 19.4 Å². The summed E-state index contributed by atoms with van der Waals surface area (Å²) in [4.78, 5) is 36.1. The average molecular weight is 655 g/mol. The van der Waals surface area contributed by atoms with Crippen molar-refractivity contribution in [2.24, 2.45) is 5.41 Å². The monoisotopic (exact) mass is 654 g/mol. The van der Waals surface area contributed by atoms with E-state index in [0.29, 0.717) is 62.4 Å². The number of hydrogen-bond acceptors (Lipinski definition) is 4. The van der Waals surface area contributed by atoms with Gasteiger partial charge in [-0.15, -0.1) is 0 Å². The maximum atomic E-state index is 14.4. The third-order valence-electron chi connectivity index (χ3n) is 9.67. The SMILES string of the molecule is CC(C)(C)C(=O)N1CCc2c(nc(C(F)(F)F)n2C2C[C@H]3CC[C@@H](C2)N3CCCN(C(=O)Nc2ccc(F)cc2)c2ccccc2)C1. The van der Waals surface area contributed by atoms with Crippen molar-refractivity contribution < 1.29 is 27.2 Å². The van der Waals surface area contributed by atoms with Gasteiger partial charge in [0.15, 0.2) is 0 Å². The summed E-state index contributed by atoms with van der Waals surface area (Å²) >= 11 is 0. The molecule has 8 nitrogen and oxygen atoms in total. The van der Waals surface area contributed by atoms with Crippen molar-refractivity contribution in [2.45, 2.75) is 90.1 Å². The van der Waals surface area contributed by atoms with E-state index < -0.39 is 17.4 Å². The Balaban J connectivity index is 1.14. The van der Waals surface area contributed by atoms with Crippen molar-refractivity contribution in [2.75, 3.05) is 29.9 Å². The van der Waals surface area contributed by atoms with E-state index >= 15 is 0 Å². The molecule has 1 unspecified atom stereocenters. The van der Waals surface area contributed by atoms with Gasteiger partial charge in [-0.3, -0.25) is 14.6 Å². The summed E-state index contributed by atoms with van der Waals surface area (Å²) in [5, 5.41) is 2.85. The third-order valence-corrected chi connectivity index (χ3v) is 9.67. The first-order chi connectivity index (χ1) is 22.3. The van der Waals surface area contributed by atoms with Crippen molar-refractivity contribution in [3.05, 3.63) is 77.6 Å². The highest BCUT2D eigenvalue weighted by atomic mass is 19.4. The van der Waals surface area contributed by atoms with Crippen molar-refractivity contribution >= 4 is 23.3 Å². The Kier molecular flexibility index (Phi) is 9.08. The number of amides is 3. The molecule has 1 aromatic heterocycles. The van der Waals surface area contributed by atoms with Gasteiger partial charge in [0.05, 0.1) is 12.2 Å². The van der Waals surface area contributed by atoms with E-state index in [9.17, 15) is 27.2 Å². The summed E-state index contributed by atoms with van der Waals surface area (Å²) in [6.45, 7) is 7.08. The Hall–Kier alpha value is -3.93. The van der Waals surface area contributed by atoms with Gasteiger partial charge in [0.1, 0.15) is 5.82 Å². The minimum atomic E-state index is -4.60. The molecule has 3 amide bonds. The largest absolute Gasteiger partial charge is 0.449 e. The van der Waals surface area contributed by atoms with Gasteiger partial charge in [0.2, 0.25) is 11.7 Å². The predicted molar refractivity (Wildman–Crippen MR) is 171 cm³/mol. The summed E-state index contributed by atoms with van der Waals surface area (Å²) in [5.41, 5.74) is 1.57. The van der Waals surface area contributed by atoms with Crippen LogP contribution in [0.3, 0.4) is 0 Å². The summed E-state index contributed by atoms with van der Waals surface area (Å²) in [6, 6.07) is 14.6. The lowest BCUT2D eigenvalue weighted by Crippen LogP contribution is -2.46. The molecule has 2 bridgehead atoms. The number of aromatic nitrogens is 2. The van der Waals surface area contributed by atoms with Crippen LogP contribution in [0.5, 0.6) is 0 Å². The van der Waals surface area contributed by atoms with Gasteiger partial charge in [-0.2, -0.15) is 13.2 Å². The minimum absolute atomic E-state index is 0.0867. The van der Waals surface area contributed by atoms with Gasteiger partial charge in [0.25, 0.3) is 0 Å². The summed E-state index contributed by atoms with van der Waals surface area (Å²) < 4.78 is 58.0. The lowest BCUT2D eigenvalue weighted by Gasteiger charge is -2.41. The van der Waals surface area contributed by atoms with E-state index in [2.05, 4.69) is 15.2 Å². The maximum absolute atomic E-state index is 14.4. The molecule has 2 aromatic carbocycles. The average Bonchev–Trinajstić information content (AvgIpc) is 3.53. The second-order valence-corrected chi connectivity index (χ2v) is 13.9. The first kappa shape index (κ1) is 33.0. The number of alkyl halides is 3. The molecular weight excluding hydrogens is 612 g/mol. The number of carbonyl (C=O) groups excluding carboxylic acids is 2. The number of anilines is 2. The van der Waals surface area contributed by atoms with E-state index in [1.807, 2.05) is 51.1 Å². The Morgan fingerprint density at radius 2 is 1.62 bits per heavy atom. The number of imidazole rings is 1. The highest BCUT2D eigenvalue weighted by Crippen LogP contribution is 2.45. The van der Waals surface area contributed by atoms with Gasteiger partial charge in [-0.25, -0.2) is 14.2 Å². The molecule has 2 saturated heterocycles. The molecule has 3 aromatic rings. The smallest absolute Gasteiger partial charge is 0.336 e. The lowest BCUT2D eigenvalue weighted by atomic mass is 9.93. The maximum Gasteiger partial charge on any atom is 0.449 e. The zero-order valence-electron chi connectivity index (χ0n) is 27.1. The number of nitrogens with zero attached hydrogens (tertiary/aromatic N) is 5. The summed E-state index contributed by atoms with van der Waals surface area (Å²) in [6.07, 6.45) is -0.537. The molecule has 0 spiro atoms. The zero-order chi connectivity index (χ0) is 33.5.